The summed E-state index contributed by atoms with van der Waals surface area (Å²) in [4.78, 5) is 28.8. The van der Waals surface area contributed by atoms with Gasteiger partial charge in [0.25, 0.3) is 5.91 Å². The molecular weight excluding hydrogens is 438 g/mol. The molecule has 2 aliphatic heterocycles. The molecule has 29 heavy (non-hydrogen) atoms. The minimum atomic E-state index is -0.657. The van der Waals surface area contributed by atoms with Crippen molar-refractivity contribution in [2.75, 3.05) is 38.1 Å². The number of carbonyl (C=O) groups excluding carboxylic acids is 2. The smallest absolute Gasteiger partial charge is 0.321 e. The largest absolute Gasteiger partial charge is 0.485 e. The highest BCUT2D eigenvalue weighted by atomic mass is 79.9. The number of carbonyl (C=O) groups is 2. The van der Waals surface area contributed by atoms with Crippen LogP contribution in [0.5, 0.6) is 11.5 Å². The van der Waals surface area contributed by atoms with Crippen LogP contribution in [0.4, 0.5) is 10.5 Å². The van der Waals surface area contributed by atoms with Crippen molar-refractivity contribution in [3.05, 3.63) is 52.5 Å². The van der Waals surface area contributed by atoms with Crippen LogP contribution in [-0.2, 0) is 4.79 Å². The summed E-state index contributed by atoms with van der Waals surface area (Å²) in [6, 6.07) is 12.9. The molecule has 0 radical (unpaired) electrons. The summed E-state index contributed by atoms with van der Waals surface area (Å²) in [5.41, 5.74) is 1.76. The molecule has 2 heterocycles. The van der Waals surface area contributed by atoms with E-state index in [0.717, 1.165) is 15.7 Å². The molecule has 2 aliphatic rings. The highest BCUT2D eigenvalue weighted by Gasteiger charge is 2.33. The second kappa shape index (κ2) is 8.32. The first kappa shape index (κ1) is 19.6. The Kier molecular flexibility index (Phi) is 5.62. The molecule has 8 heteroatoms. The van der Waals surface area contributed by atoms with Gasteiger partial charge in [0.15, 0.2) is 11.5 Å². The number of aryl methyl sites for hydroxylation is 1. The number of nitrogens with one attached hydrogen (secondary N) is 1. The number of ether oxygens (including phenoxy) is 2. The lowest BCUT2D eigenvalue weighted by Gasteiger charge is -2.37. The maximum atomic E-state index is 12.8. The van der Waals surface area contributed by atoms with Gasteiger partial charge in [-0.2, -0.15) is 0 Å². The number of para-hydroxylation sites is 2. The molecule has 0 bridgehead atoms. The van der Waals surface area contributed by atoms with Crippen LogP contribution in [0.15, 0.2) is 46.9 Å². The molecule has 0 aliphatic carbocycles. The maximum absolute atomic E-state index is 12.8. The molecule has 3 amide bonds. The molecule has 7 nitrogen and oxygen atoms in total. The molecule has 2 aromatic carbocycles. The minimum Gasteiger partial charge on any atom is -0.485 e. The molecule has 1 unspecified atom stereocenters. The van der Waals surface area contributed by atoms with E-state index in [1.165, 1.54) is 0 Å². The second-order valence-electron chi connectivity index (χ2n) is 7.07. The lowest BCUT2D eigenvalue weighted by molar-refractivity contribution is -0.142. The van der Waals surface area contributed by atoms with E-state index in [2.05, 4.69) is 21.2 Å². The average Bonchev–Trinajstić information content (AvgIpc) is 2.75. The molecule has 1 atom stereocenters. The summed E-state index contributed by atoms with van der Waals surface area (Å²) in [6.07, 6.45) is -0.657. The first-order valence-electron chi connectivity index (χ1n) is 9.50. The van der Waals surface area contributed by atoms with Crippen molar-refractivity contribution >= 4 is 33.6 Å². The zero-order valence-electron chi connectivity index (χ0n) is 16.1. The number of amides is 3. The van der Waals surface area contributed by atoms with Gasteiger partial charge in [0.05, 0.1) is 0 Å². The first-order valence-corrected chi connectivity index (χ1v) is 10.3. The number of urea groups is 1. The fourth-order valence-corrected chi connectivity index (χ4v) is 3.91. The van der Waals surface area contributed by atoms with E-state index in [9.17, 15) is 9.59 Å². The lowest BCUT2D eigenvalue weighted by atomic mass is 10.2. The first-order chi connectivity index (χ1) is 14.0. The van der Waals surface area contributed by atoms with Gasteiger partial charge >= 0.3 is 6.03 Å². The number of halogens is 1. The Morgan fingerprint density at radius 2 is 1.72 bits per heavy atom. The van der Waals surface area contributed by atoms with Crippen LogP contribution < -0.4 is 14.8 Å². The Hall–Kier alpha value is -2.74. The molecule has 4 rings (SSSR count). The Labute approximate surface area is 177 Å². The summed E-state index contributed by atoms with van der Waals surface area (Å²) >= 11 is 3.42. The number of hydrogen-bond acceptors (Lipinski definition) is 4. The second-order valence-corrected chi connectivity index (χ2v) is 7.98. The Balaban J connectivity index is 1.31. The summed E-state index contributed by atoms with van der Waals surface area (Å²) in [5.74, 6) is 1.13. The van der Waals surface area contributed by atoms with Crippen LogP contribution in [0, 0.1) is 6.92 Å². The number of hydrogen-bond donors (Lipinski definition) is 1. The highest BCUT2D eigenvalue weighted by Crippen LogP contribution is 2.31. The predicted molar refractivity (Wildman–Crippen MR) is 112 cm³/mol. The Morgan fingerprint density at radius 3 is 2.45 bits per heavy atom. The molecule has 0 spiro atoms. The Bertz CT molecular complexity index is 928. The van der Waals surface area contributed by atoms with Gasteiger partial charge in [0, 0.05) is 36.3 Å². The van der Waals surface area contributed by atoms with Crippen molar-refractivity contribution in [3.63, 3.8) is 0 Å². The molecule has 1 saturated heterocycles. The number of nitrogens with zero attached hydrogens (tertiary/aromatic N) is 2. The molecular formula is C21H22BrN3O4. The topological polar surface area (TPSA) is 71.1 Å². The van der Waals surface area contributed by atoms with Crippen LogP contribution >= 0.6 is 15.9 Å². The lowest BCUT2D eigenvalue weighted by Crippen LogP contribution is -2.55. The monoisotopic (exact) mass is 459 g/mol. The van der Waals surface area contributed by atoms with Gasteiger partial charge in [0.1, 0.15) is 6.61 Å². The van der Waals surface area contributed by atoms with Gasteiger partial charge in [-0.3, -0.25) is 4.79 Å². The third-order valence-electron chi connectivity index (χ3n) is 5.09. The SMILES string of the molecule is Cc1cc(Br)ccc1NC(=O)N1CCN(C(=O)C2COc3ccccc3O2)CC1. The normalized spacial score (nSPS) is 18.3. The third kappa shape index (κ3) is 4.32. The van der Waals surface area contributed by atoms with Crippen molar-refractivity contribution in [3.8, 4) is 11.5 Å². The van der Waals surface area contributed by atoms with Crippen LogP contribution in [-0.4, -0.2) is 60.6 Å². The van der Waals surface area contributed by atoms with E-state index in [1.807, 2.05) is 43.3 Å². The quantitative estimate of drug-likeness (QED) is 0.747. The van der Waals surface area contributed by atoms with Gasteiger partial charge in [-0.25, -0.2) is 4.79 Å². The van der Waals surface area contributed by atoms with Crippen LogP contribution in [0.2, 0.25) is 0 Å². The molecule has 0 aromatic heterocycles. The van der Waals surface area contributed by atoms with Crippen LogP contribution in [0.3, 0.4) is 0 Å². The van der Waals surface area contributed by atoms with E-state index in [0.29, 0.717) is 37.7 Å². The van der Waals surface area contributed by atoms with Crippen LogP contribution in [0.1, 0.15) is 5.56 Å². The molecule has 1 N–H and O–H groups in total. The van der Waals surface area contributed by atoms with Gasteiger partial charge in [-0.1, -0.05) is 28.1 Å². The fourth-order valence-electron chi connectivity index (χ4n) is 3.44. The third-order valence-corrected chi connectivity index (χ3v) is 5.59. The maximum Gasteiger partial charge on any atom is 0.321 e. The van der Waals surface area contributed by atoms with Gasteiger partial charge in [-0.15, -0.1) is 0 Å². The summed E-state index contributed by atoms with van der Waals surface area (Å²) in [7, 11) is 0. The van der Waals surface area contributed by atoms with E-state index in [-0.39, 0.29) is 18.5 Å². The van der Waals surface area contributed by atoms with E-state index >= 15 is 0 Å². The standard InChI is InChI=1S/C21H22BrN3O4/c1-14-12-15(22)6-7-16(14)23-21(27)25-10-8-24(9-11-25)20(26)19-13-28-17-4-2-3-5-18(17)29-19/h2-7,12,19H,8-11,13H2,1H3,(H,23,27). The highest BCUT2D eigenvalue weighted by molar-refractivity contribution is 9.10. The van der Waals surface area contributed by atoms with E-state index in [1.54, 1.807) is 15.9 Å². The minimum absolute atomic E-state index is 0.108. The zero-order valence-corrected chi connectivity index (χ0v) is 17.6. The molecule has 2 aromatic rings. The molecule has 152 valence electrons. The van der Waals surface area contributed by atoms with Crippen molar-refractivity contribution < 1.29 is 19.1 Å². The summed E-state index contributed by atoms with van der Waals surface area (Å²) < 4.78 is 12.4. The van der Waals surface area contributed by atoms with Crippen molar-refractivity contribution in [1.82, 2.24) is 9.80 Å². The van der Waals surface area contributed by atoms with Gasteiger partial charge in [0.2, 0.25) is 6.10 Å². The number of rotatable bonds is 2. The average molecular weight is 460 g/mol. The van der Waals surface area contributed by atoms with E-state index < -0.39 is 6.10 Å². The predicted octanol–water partition coefficient (Wildman–Crippen LogP) is 3.27. The molecule has 1 fully saturated rings. The van der Waals surface area contributed by atoms with Gasteiger partial charge < -0.3 is 24.6 Å². The number of fused-ring (bicyclic) bond motifs is 1. The Morgan fingerprint density at radius 1 is 1.03 bits per heavy atom. The van der Waals surface area contributed by atoms with Gasteiger partial charge in [-0.05, 0) is 42.8 Å². The van der Waals surface area contributed by atoms with Crippen molar-refractivity contribution in [2.24, 2.45) is 0 Å². The van der Waals surface area contributed by atoms with Crippen LogP contribution in [0.25, 0.3) is 0 Å². The number of anilines is 1. The number of piperazine rings is 1. The summed E-state index contributed by atoms with van der Waals surface area (Å²) in [5, 5.41) is 2.94. The number of benzene rings is 2. The van der Waals surface area contributed by atoms with Crippen molar-refractivity contribution in [1.29, 1.82) is 0 Å². The molecule has 0 saturated carbocycles. The van der Waals surface area contributed by atoms with Crippen molar-refractivity contribution in [2.45, 2.75) is 13.0 Å². The van der Waals surface area contributed by atoms with E-state index in [4.69, 9.17) is 9.47 Å². The summed E-state index contributed by atoms with van der Waals surface area (Å²) in [6.45, 7) is 4.01. The fraction of sp³-hybridized carbons (Fsp3) is 0.333. The zero-order chi connectivity index (χ0) is 20.4.